The Morgan fingerprint density at radius 1 is 1.50 bits per heavy atom. The lowest BCUT2D eigenvalue weighted by molar-refractivity contribution is 0.0622. The molecule has 1 aliphatic heterocycles. The number of hydrogen-bond acceptors (Lipinski definition) is 5. The lowest BCUT2D eigenvalue weighted by atomic mass is 9.93. The number of aromatic nitrogens is 1. The van der Waals surface area contributed by atoms with E-state index >= 15 is 0 Å². The molecular formula is C11H19N3OS. The van der Waals surface area contributed by atoms with Crippen LogP contribution in [-0.4, -0.2) is 23.6 Å². The van der Waals surface area contributed by atoms with Crippen molar-refractivity contribution in [3.05, 3.63) is 5.56 Å². The van der Waals surface area contributed by atoms with Gasteiger partial charge in [-0.25, -0.2) is 0 Å². The van der Waals surface area contributed by atoms with Crippen molar-refractivity contribution >= 4 is 22.4 Å². The first-order valence-electron chi connectivity index (χ1n) is 5.74. The first-order chi connectivity index (χ1) is 7.68. The van der Waals surface area contributed by atoms with Crippen molar-refractivity contribution in [2.75, 3.05) is 24.3 Å². The molecule has 16 heavy (non-hydrogen) atoms. The smallest absolute Gasteiger partial charge is 0.142 e. The molecule has 0 spiro atoms. The van der Waals surface area contributed by atoms with Gasteiger partial charge in [0, 0.05) is 24.8 Å². The van der Waals surface area contributed by atoms with Crippen LogP contribution >= 0.6 is 11.5 Å². The summed E-state index contributed by atoms with van der Waals surface area (Å²) in [6.07, 6.45) is 2.28. The van der Waals surface area contributed by atoms with Crippen molar-refractivity contribution in [1.29, 1.82) is 0 Å². The molecule has 2 heterocycles. The topological polar surface area (TPSA) is 60.2 Å². The zero-order valence-electron chi connectivity index (χ0n) is 9.82. The lowest BCUT2D eigenvalue weighted by Crippen LogP contribution is -2.30. The molecule has 0 saturated carbocycles. The Bertz CT molecular complexity index is 347. The molecule has 1 aliphatic rings. The van der Waals surface area contributed by atoms with E-state index in [9.17, 15) is 0 Å². The van der Waals surface area contributed by atoms with Crippen LogP contribution in [0.3, 0.4) is 0 Å². The summed E-state index contributed by atoms with van der Waals surface area (Å²) >= 11 is 1.45. The van der Waals surface area contributed by atoms with Crippen LogP contribution < -0.4 is 11.1 Å². The van der Waals surface area contributed by atoms with Crippen LogP contribution in [0.2, 0.25) is 0 Å². The summed E-state index contributed by atoms with van der Waals surface area (Å²) in [5, 5.41) is 4.63. The van der Waals surface area contributed by atoms with Crippen molar-refractivity contribution in [2.24, 2.45) is 5.92 Å². The maximum absolute atomic E-state index is 5.73. The normalized spacial score (nSPS) is 19.6. The molecule has 1 aromatic rings. The van der Waals surface area contributed by atoms with Crippen LogP contribution in [0.5, 0.6) is 0 Å². The Hall–Kier alpha value is -0.810. The molecule has 4 nitrogen and oxygen atoms in total. The molecule has 5 heteroatoms. The summed E-state index contributed by atoms with van der Waals surface area (Å²) in [7, 11) is 0. The van der Waals surface area contributed by atoms with Crippen LogP contribution in [0.15, 0.2) is 0 Å². The first-order valence-corrected chi connectivity index (χ1v) is 6.52. The third-order valence-electron chi connectivity index (χ3n) is 3.29. The molecule has 1 aromatic heterocycles. The van der Waals surface area contributed by atoms with Gasteiger partial charge in [-0.3, -0.25) is 0 Å². The highest BCUT2D eigenvalue weighted by atomic mass is 32.1. The molecule has 0 radical (unpaired) electrons. The van der Waals surface area contributed by atoms with Gasteiger partial charge in [-0.15, -0.1) is 0 Å². The maximum atomic E-state index is 5.73. The molecular weight excluding hydrogens is 222 g/mol. The van der Waals surface area contributed by atoms with E-state index in [-0.39, 0.29) is 0 Å². The Labute approximate surface area is 100 Å². The molecule has 0 aromatic carbocycles. The second-order valence-electron chi connectivity index (χ2n) is 4.40. The van der Waals surface area contributed by atoms with Crippen molar-refractivity contribution in [3.63, 3.8) is 0 Å². The largest absolute Gasteiger partial charge is 0.383 e. The molecule has 0 amide bonds. The standard InChI is InChI=1S/C11H19N3OS/c1-7-10(12)14-16-11(7)13-8(2)9-3-5-15-6-4-9/h8-9,13H,3-6H2,1-2H3,(H2,12,14). The van der Waals surface area contributed by atoms with Crippen LogP contribution in [0.25, 0.3) is 0 Å². The fourth-order valence-corrected chi connectivity index (χ4v) is 2.83. The molecule has 0 aliphatic carbocycles. The Balaban J connectivity index is 1.95. The van der Waals surface area contributed by atoms with E-state index in [1.54, 1.807) is 0 Å². The predicted molar refractivity (Wildman–Crippen MR) is 67.9 cm³/mol. The summed E-state index contributed by atoms with van der Waals surface area (Å²) in [5.41, 5.74) is 6.81. The van der Waals surface area contributed by atoms with Gasteiger partial charge in [-0.2, -0.15) is 4.37 Å². The lowest BCUT2D eigenvalue weighted by Gasteiger charge is -2.28. The van der Waals surface area contributed by atoms with E-state index < -0.39 is 0 Å². The van der Waals surface area contributed by atoms with Gasteiger partial charge in [0.1, 0.15) is 10.8 Å². The van der Waals surface area contributed by atoms with Crippen LogP contribution in [0, 0.1) is 12.8 Å². The Morgan fingerprint density at radius 2 is 2.19 bits per heavy atom. The molecule has 1 unspecified atom stereocenters. The Kier molecular flexibility index (Phi) is 3.66. The molecule has 1 atom stereocenters. The van der Waals surface area contributed by atoms with Gasteiger partial charge in [-0.1, -0.05) is 0 Å². The van der Waals surface area contributed by atoms with E-state index in [4.69, 9.17) is 10.5 Å². The number of nitrogens with zero attached hydrogens (tertiary/aromatic N) is 1. The number of nitrogen functional groups attached to an aromatic ring is 1. The first kappa shape index (κ1) is 11.7. The molecule has 2 rings (SSSR count). The molecule has 0 bridgehead atoms. The summed E-state index contributed by atoms with van der Waals surface area (Å²) in [6, 6.07) is 0.461. The zero-order valence-corrected chi connectivity index (χ0v) is 10.6. The number of rotatable bonds is 3. The highest BCUT2D eigenvalue weighted by molar-refractivity contribution is 7.10. The van der Waals surface area contributed by atoms with Gasteiger partial charge >= 0.3 is 0 Å². The van der Waals surface area contributed by atoms with Crippen LogP contribution in [0.1, 0.15) is 25.3 Å². The van der Waals surface area contributed by atoms with Gasteiger partial charge in [0.2, 0.25) is 0 Å². The van der Waals surface area contributed by atoms with Crippen molar-refractivity contribution in [3.8, 4) is 0 Å². The average Bonchev–Trinajstić information content (AvgIpc) is 2.62. The minimum absolute atomic E-state index is 0.461. The fourth-order valence-electron chi connectivity index (χ4n) is 2.02. The monoisotopic (exact) mass is 241 g/mol. The number of nitrogens with one attached hydrogen (secondary N) is 1. The summed E-state index contributed by atoms with van der Waals surface area (Å²) in [5.74, 6) is 1.34. The van der Waals surface area contributed by atoms with Gasteiger partial charge in [-0.05, 0) is 44.1 Å². The minimum Gasteiger partial charge on any atom is -0.383 e. The van der Waals surface area contributed by atoms with Gasteiger partial charge < -0.3 is 15.8 Å². The SMILES string of the molecule is Cc1c(N)nsc1NC(C)C1CCOCC1. The average molecular weight is 241 g/mol. The third kappa shape index (κ3) is 2.47. The highest BCUT2D eigenvalue weighted by Crippen LogP contribution is 2.28. The number of anilines is 2. The summed E-state index contributed by atoms with van der Waals surface area (Å²) < 4.78 is 9.52. The van der Waals surface area contributed by atoms with E-state index in [0.29, 0.717) is 17.8 Å². The van der Waals surface area contributed by atoms with Crippen molar-refractivity contribution in [2.45, 2.75) is 32.7 Å². The van der Waals surface area contributed by atoms with Crippen molar-refractivity contribution in [1.82, 2.24) is 4.37 Å². The second kappa shape index (κ2) is 5.01. The van der Waals surface area contributed by atoms with Gasteiger partial charge in [0.05, 0.1) is 0 Å². The predicted octanol–water partition coefficient (Wildman–Crippen LogP) is 2.26. The van der Waals surface area contributed by atoms with Crippen molar-refractivity contribution < 1.29 is 4.74 Å². The highest BCUT2D eigenvalue weighted by Gasteiger charge is 2.21. The molecule has 1 saturated heterocycles. The van der Waals surface area contributed by atoms with Gasteiger partial charge in [0.25, 0.3) is 0 Å². The summed E-state index contributed by atoms with van der Waals surface area (Å²) in [6.45, 7) is 6.02. The van der Waals surface area contributed by atoms with E-state index in [1.165, 1.54) is 11.5 Å². The van der Waals surface area contributed by atoms with E-state index in [1.807, 2.05) is 6.92 Å². The quantitative estimate of drug-likeness (QED) is 0.852. The molecule has 3 N–H and O–H groups in total. The Morgan fingerprint density at radius 3 is 2.75 bits per heavy atom. The molecule has 90 valence electrons. The third-order valence-corrected chi connectivity index (χ3v) is 4.19. The van der Waals surface area contributed by atoms with E-state index in [0.717, 1.165) is 36.6 Å². The maximum Gasteiger partial charge on any atom is 0.142 e. The second-order valence-corrected chi connectivity index (χ2v) is 5.18. The number of nitrogens with two attached hydrogens (primary N) is 1. The summed E-state index contributed by atoms with van der Waals surface area (Å²) in [4.78, 5) is 0. The van der Waals surface area contributed by atoms with Gasteiger partial charge in [0.15, 0.2) is 0 Å². The van der Waals surface area contributed by atoms with Crippen LogP contribution in [0.4, 0.5) is 10.8 Å². The fraction of sp³-hybridized carbons (Fsp3) is 0.727. The molecule has 1 fully saturated rings. The van der Waals surface area contributed by atoms with Crippen LogP contribution in [-0.2, 0) is 4.74 Å². The zero-order chi connectivity index (χ0) is 11.5. The number of ether oxygens (including phenoxy) is 1. The van der Waals surface area contributed by atoms with E-state index in [2.05, 4.69) is 16.6 Å². The number of hydrogen-bond donors (Lipinski definition) is 2. The minimum atomic E-state index is 0.461.